The molecule has 0 bridgehead atoms. The Morgan fingerprint density at radius 2 is 2.00 bits per heavy atom. The van der Waals surface area contributed by atoms with Crippen molar-refractivity contribution in [2.75, 3.05) is 0 Å². The average Bonchev–Trinajstić information content (AvgIpc) is 2.89. The van der Waals surface area contributed by atoms with E-state index in [4.69, 9.17) is 0 Å². The van der Waals surface area contributed by atoms with Gasteiger partial charge in [0.25, 0.3) is 0 Å². The highest BCUT2D eigenvalue weighted by atomic mass is 32.1. The van der Waals surface area contributed by atoms with Crippen LogP contribution in [0.5, 0.6) is 0 Å². The van der Waals surface area contributed by atoms with Gasteiger partial charge in [0.1, 0.15) is 0 Å². The molecule has 2 rings (SSSR count). The zero-order valence-electron chi connectivity index (χ0n) is 9.60. The summed E-state index contributed by atoms with van der Waals surface area (Å²) >= 11 is 1.76. The third-order valence-corrected chi connectivity index (χ3v) is 3.44. The first kappa shape index (κ1) is 11.7. The van der Waals surface area contributed by atoms with E-state index in [9.17, 15) is 0 Å². The number of benzene rings is 1. The number of thiophene rings is 1. The highest BCUT2D eigenvalue weighted by Gasteiger charge is 2.06. The third-order valence-electron chi connectivity index (χ3n) is 2.45. The standard InChI is InChI=1S/C16H14S/c1-2-7-15(16-10-6-13-17-16)12-11-14-8-4-3-5-9-14/h2-6,8-10,13,15H,1,7H2. The van der Waals surface area contributed by atoms with Crippen molar-refractivity contribution in [3.63, 3.8) is 0 Å². The molecule has 0 nitrogen and oxygen atoms in total. The summed E-state index contributed by atoms with van der Waals surface area (Å²) in [6.07, 6.45) is 2.84. The maximum absolute atomic E-state index is 3.80. The van der Waals surface area contributed by atoms with Crippen LogP contribution in [0.4, 0.5) is 0 Å². The Hall–Kier alpha value is -1.78. The second-order valence-corrected chi connectivity index (χ2v) is 4.71. The molecule has 0 amide bonds. The van der Waals surface area contributed by atoms with Crippen LogP contribution < -0.4 is 0 Å². The minimum atomic E-state index is 0.271. The molecule has 1 heterocycles. The number of hydrogen-bond donors (Lipinski definition) is 0. The van der Waals surface area contributed by atoms with Gasteiger partial charge < -0.3 is 0 Å². The van der Waals surface area contributed by atoms with Gasteiger partial charge in [0.05, 0.1) is 5.92 Å². The van der Waals surface area contributed by atoms with Gasteiger partial charge in [-0.1, -0.05) is 42.2 Å². The van der Waals surface area contributed by atoms with Crippen LogP contribution in [0.25, 0.3) is 0 Å². The summed E-state index contributed by atoms with van der Waals surface area (Å²) in [6.45, 7) is 3.80. The molecule has 0 saturated heterocycles. The highest BCUT2D eigenvalue weighted by molar-refractivity contribution is 7.10. The monoisotopic (exact) mass is 238 g/mol. The van der Waals surface area contributed by atoms with Crippen molar-refractivity contribution in [2.45, 2.75) is 12.3 Å². The summed E-state index contributed by atoms with van der Waals surface area (Å²) in [5.41, 5.74) is 1.07. The summed E-state index contributed by atoms with van der Waals surface area (Å²) in [6, 6.07) is 14.3. The molecule has 2 aromatic rings. The van der Waals surface area contributed by atoms with Crippen LogP contribution in [-0.2, 0) is 0 Å². The summed E-state index contributed by atoms with van der Waals surface area (Å²) in [5.74, 6) is 6.83. The molecule has 1 aromatic carbocycles. The van der Waals surface area contributed by atoms with Crippen molar-refractivity contribution in [1.29, 1.82) is 0 Å². The summed E-state index contributed by atoms with van der Waals surface area (Å²) in [7, 11) is 0. The normalized spacial score (nSPS) is 11.3. The smallest absolute Gasteiger partial charge is 0.0584 e. The van der Waals surface area contributed by atoms with E-state index in [1.807, 2.05) is 36.4 Å². The van der Waals surface area contributed by atoms with Crippen LogP contribution in [0.2, 0.25) is 0 Å². The van der Waals surface area contributed by atoms with E-state index in [-0.39, 0.29) is 5.92 Å². The molecule has 1 atom stereocenters. The predicted molar refractivity (Wildman–Crippen MR) is 75.2 cm³/mol. The lowest BCUT2D eigenvalue weighted by Gasteiger charge is -2.03. The van der Waals surface area contributed by atoms with E-state index in [0.29, 0.717) is 0 Å². The highest BCUT2D eigenvalue weighted by Crippen LogP contribution is 2.24. The lowest BCUT2D eigenvalue weighted by atomic mass is 10.0. The van der Waals surface area contributed by atoms with Crippen LogP contribution in [0.3, 0.4) is 0 Å². The lowest BCUT2D eigenvalue weighted by molar-refractivity contribution is 0.916. The predicted octanol–water partition coefficient (Wildman–Crippen LogP) is 4.46. The Labute approximate surface area is 107 Å². The Kier molecular flexibility index (Phi) is 4.18. The van der Waals surface area contributed by atoms with Gasteiger partial charge in [-0.05, 0) is 30.0 Å². The number of allylic oxidation sites excluding steroid dienone is 1. The summed E-state index contributed by atoms with van der Waals surface area (Å²) in [5, 5.41) is 2.09. The molecule has 84 valence electrons. The molecule has 0 spiro atoms. The van der Waals surface area contributed by atoms with Gasteiger partial charge >= 0.3 is 0 Å². The van der Waals surface area contributed by atoms with E-state index >= 15 is 0 Å². The Morgan fingerprint density at radius 3 is 2.65 bits per heavy atom. The van der Waals surface area contributed by atoms with Gasteiger partial charge in [-0.2, -0.15) is 0 Å². The van der Waals surface area contributed by atoms with E-state index in [1.54, 1.807) is 11.3 Å². The molecule has 1 heteroatoms. The van der Waals surface area contributed by atoms with Crippen molar-refractivity contribution in [3.8, 4) is 11.8 Å². The average molecular weight is 238 g/mol. The molecule has 1 unspecified atom stereocenters. The summed E-state index contributed by atoms with van der Waals surface area (Å²) in [4.78, 5) is 1.31. The minimum absolute atomic E-state index is 0.271. The Balaban J connectivity index is 2.19. The molecule has 0 aliphatic carbocycles. The maximum atomic E-state index is 3.80. The van der Waals surface area contributed by atoms with Crippen LogP contribution in [0, 0.1) is 11.8 Å². The first-order chi connectivity index (χ1) is 8.40. The molecular formula is C16H14S. The molecule has 0 radical (unpaired) electrons. The van der Waals surface area contributed by atoms with Crippen molar-refractivity contribution in [3.05, 3.63) is 70.9 Å². The molecule has 0 fully saturated rings. The lowest BCUT2D eigenvalue weighted by Crippen LogP contribution is -1.90. The molecule has 0 saturated carbocycles. The molecule has 17 heavy (non-hydrogen) atoms. The first-order valence-electron chi connectivity index (χ1n) is 5.61. The van der Waals surface area contributed by atoms with Gasteiger partial charge in [0.15, 0.2) is 0 Å². The fourth-order valence-corrected chi connectivity index (χ4v) is 2.39. The molecular weight excluding hydrogens is 224 g/mol. The van der Waals surface area contributed by atoms with E-state index in [1.165, 1.54) is 4.88 Å². The van der Waals surface area contributed by atoms with Crippen molar-refractivity contribution in [2.24, 2.45) is 0 Å². The SMILES string of the molecule is C=CCC(C#Cc1ccccc1)c1cccs1. The van der Waals surface area contributed by atoms with Gasteiger partial charge in [-0.15, -0.1) is 17.9 Å². The topological polar surface area (TPSA) is 0 Å². The van der Waals surface area contributed by atoms with E-state index in [2.05, 4.69) is 35.9 Å². The second kappa shape index (κ2) is 6.08. The molecule has 1 aromatic heterocycles. The Bertz CT molecular complexity index is 512. The van der Waals surface area contributed by atoms with Crippen molar-refractivity contribution >= 4 is 11.3 Å². The van der Waals surface area contributed by atoms with Crippen LogP contribution in [-0.4, -0.2) is 0 Å². The fourth-order valence-electron chi connectivity index (χ4n) is 1.59. The van der Waals surface area contributed by atoms with Crippen LogP contribution in [0.15, 0.2) is 60.5 Å². The minimum Gasteiger partial charge on any atom is -0.148 e. The quantitative estimate of drug-likeness (QED) is 0.547. The third kappa shape index (κ3) is 3.34. The van der Waals surface area contributed by atoms with Gasteiger partial charge in [0, 0.05) is 10.4 Å². The van der Waals surface area contributed by atoms with Gasteiger partial charge in [0.2, 0.25) is 0 Å². The fraction of sp³-hybridized carbons (Fsp3) is 0.125. The summed E-state index contributed by atoms with van der Waals surface area (Å²) < 4.78 is 0. The molecule has 0 aliphatic heterocycles. The van der Waals surface area contributed by atoms with E-state index < -0.39 is 0 Å². The van der Waals surface area contributed by atoms with E-state index in [0.717, 1.165) is 12.0 Å². The van der Waals surface area contributed by atoms with Crippen molar-refractivity contribution < 1.29 is 0 Å². The maximum Gasteiger partial charge on any atom is 0.0584 e. The molecule has 0 aliphatic rings. The Morgan fingerprint density at radius 1 is 1.18 bits per heavy atom. The van der Waals surface area contributed by atoms with Gasteiger partial charge in [-0.25, -0.2) is 0 Å². The van der Waals surface area contributed by atoms with Gasteiger partial charge in [-0.3, -0.25) is 0 Å². The number of rotatable bonds is 3. The zero-order valence-corrected chi connectivity index (χ0v) is 10.4. The largest absolute Gasteiger partial charge is 0.148 e. The zero-order chi connectivity index (χ0) is 11.9. The van der Waals surface area contributed by atoms with Crippen LogP contribution >= 0.6 is 11.3 Å². The second-order valence-electron chi connectivity index (χ2n) is 3.73. The van der Waals surface area contributed by atoms with Crippen LogP contribution in [0.1, 0.15) is 22.8 Å². The first-order valence-corrected chi connectivity index (χ1v) is 6.49. The van der Waals surface area contributed by atoms with Crippen molar-refractivity contribution in [1.82, 2.24) is 0 Å². The molecule has 0 N–H and O–H groups in total. The number of hydrogen-bond acceptors (Lipinski definition) is 1.